The molecule has 0 amide bonds. The van der Waals surface area contributed by atoms with Crippen molar-refractivity contribution in [3.8, 4) is 22.9 Å². The van der Waals surface area contributed by atoms with E-state index in [4.69, 9.17) is 14.0 Å². The first-order valence-electron chi connectivity index (χ1n) is 7.96. The largest absolute Gasteiger partial charge is 0.493 e. The van der Waals surface area contributed by atoms with Crippen molar-refractivity contribution in [2.45, 2.75) is 26.4 Å². The number of nitrogens with zero attached hydrogens (tertiary/aromatic N) is 2. The first-order chi connectivity index (χ1) is 12.1. The lowest BCUT2D eigenvalue weighted by molar-refractivity contribution is 0.284. The van der Waals surface area contributed by atoms with Gasteiger partial charge in [-0.1, -0.05) is 49.3 Å². The molecule has 6 heteroatoms. The zero-order chi connectivity index (χ0) is 17.8. The molecule has 2 aromatic carbocycles. The van der Waals surface area contributed by atoms with Gasteiger partial charge in [0.15, 0.2) is 11.5 Å². The predicted molar refractivity (Wildman–Crippen MR) is 104 cm³/mol. The fourth-order valence-corrected chi connectivity index (χ4v) is 2.97. The van der Waals surface area contributed by atoms with Crippen molar-refractivity contribution >= 4 is 22.6 Å². The van der Waals surface area contributed by atoms with Crippen LogP contribution < -0.4 is 9.47 Å². The number of benzene rings is 2. The molecule has 0 saturated heterocycles. The van der Waals surface area contributed by atoms with Gasteiger partial charge in [0.25, 0.3) is 0 Å². The molecule has 0 bridgehead atoms. The topological polar surface area (TPSA) is 57.4 Å². The van der Waals surface area contributed by atoms with Gasteiger partial charge in [-0.05, 0) is 40.3 Å². The van der Waals surface area contributed by atoms with E-state index in [-0.39, 0.29) is 5.92 Å². The fourth-order valence-electron chi connectivity index (χ4n) is 2.29. The molecule has 0 radical (unpaired) electrons. The van der Waals surface area contributed by atoms with Crippen LogP contribution in [-0.4, -0.2) is 17.3 Å². The highest BCUT2D eigenvalue weighted by Crippen LogP contribution is 2.36. The molecule has 25 heavy (non-hydrogen) atoms. The van der Waals surface area contributed by atoms with Crippen molar-refractivity contribution in [1.29, 1.82) is 0 Å². The standard InChI is InChI=1S/C19H19IN2O3/c1-12(2)19-21-18(22-25-19)14-9-16(23-3)17(10-15(14)20)24-11-13-7-5-4-6-8-13/h4-10,12H,11H2,1-3H3. The summed E-state index contributed by atoms with van der Waals surface area (Å²) in [5, 5.41) is 4.08. The molecule has 1 heterocycles. The van der Waals surface area contributed by atoms with Crippen LogP contribution in [0.25, 0.3) is 11.4 Å². The van der Waals surface area contributed by atoms with Crippen molar-refractivity contribution in [2.75, 3.05) is 7.11 Å². The third-order valence-electron chi connectivity index (χ3n) is 3.67. The van der Waals surface area contributed by atoms with Gasteiger partial charge in [-0.25, -0.2) is 0 Å². The van der Waals surface area contributed by atoms with E-state index in [1.54, 1.807) is 7.11 Å². The van der Waals surface area contributed by atoms with Crippen LogP contribution in [0.4, 0.5) is 0 Å². The van der Waals surface area contributed by atoms with Crippen LogP contribution in [0.5, 0.6) is 11.5 Å². The van der Waals surface area contributed by atoms with Gasteiger partial charge in [0, 0.05) is 15.1 Å². The van der Waals surface area contributed by atoms with Gasteiger partial charge in [-0.3, -0.25) is 0 Å². The Kier molecular flexibility index (Phi) is 5.57. The van der Waals surface area contributed by atoms with Crippen molar-refractivity contribution in [2.24, 2.45) is 0 Å². The molecule has 0 unspecified atom stereocenters. The van der Waals surface area contributed by atoms with E-state index in [1.165, 1.54) is 0 Å². The van der Waals surface area contributed by atoms with E-state index >= 15 is 0 Å². The molecule has 3 aromatic rings. The maximum atomic E-state index is 5.94. The molecule has 130 valence electrons. The highest BCUT2D eigenvalue weighted by molar-refractivity contribution is 14.1. The van der Waals surface area contributed by atoms with Crippen molar-refractivity contribution in [3.63, 3.8) is 0 Å². The lowest BCUT2D eigenvalue weighted by Gasteiger charge is -2.13. The summed E-state index contributed by atoms with van der Waals surface area (Å²) in [7, 11) is 1.62. The number of hydrogen-bond acceptors (Lipinski definition) is 5. The summed E-state index contributed by atoms with van der Waals surface area (Å²) < 4.78 is 17.7. The van der Waals surface area contributed by atoms with E-state index in [9.17, 15) is 0 Å². The molecule has 0 aliphatic rings. The highest BCUT2D eigenvalue weighted by atomic mass is 127. The van der Waals surface area contributed by atoms with Gasteiger partial charge in [0.1, 0.15) is 6.61 Å². The van der Waals surface area contributed by atoms with Crippen LogP contribution in [0.3, 0.4) is 0 Å². The minimum Gasteiger partial charge on any atom is -0.493 e. The minimum absolute atomic E-state index is 0.189. The summed E-state index contributed by atoms with van der Waals surface area (Å²) in [4.78, 5) is 4.46. The predicted octanol–water partition coefficient (Wildman–Crippen LogP) is 5.05. The Labute approximate surface area is 160 Å². The van der Waals surface area contributed by atoms with Crippen LogP contribution in [0.15, 0.2) is 47.0 Å². The molecule has 0 aliphatic heterocycles. The average molecular weight is 450 g/mol. The quantitative estimate of drug-likeness (QED) is 0.492. The Balaban J connectivity index is 1.87. The van der Waals surface area contributed by atoms with Crippen LogP contribution in [0, 0.1) is 3.57 Å². The van der Waals surface area contributed by atoms with E-state index in [0.29, 0.717) is 29.8 Å². The second-order valence-corrected chi connectivity index (χ2v) is 7.03. The third-order valence-corrected chi connectivity index (χ3v) is 4.56. The molecule has 0 aliphatic carbocycles. The molecule has 5 nitrogen and oxygen atoms in total. The molecule has 0 atom stereocenters. The SMILES string of the molecule is COc1cc(-c2noc(C(C)C)n2)c(I)cc1OCc1ccccc1. The summed E-state index contributed by atoms with van der Waals surface area (Å²) >= 11 is 2.25. The van der Waals surface area contributed by atoms with Gasteiger partial charge in [-0.2, -0.15) is 4.98 Å². The van der Waals surface area contributed by atoms with Crippen LogP contribution in [-0.2, 0) is 6.61 Å². The van der Waals surface area contributed by atoms with Crippen LogP contribution >= 0.6 is 22.6 Å². The molecule has 0 fully saturated rings. The summed E-state index contributed by atoms with van der Waals surface area (Å²) in [6.07, 6.45) is 0. The number of aromatic nitrogens is 2. The Morgan fingerprint density at radius 2 is 1.88 bits per heavy atom. The summed E-state index contributed by atoms with van der Waals surface area (Å²) in [5.41, 5.74) is 1.96. The summed E-state index contributed by atoms with van der Waals surface area (Å²) in [6.45, 7) is 4.51. The Morgan fingerprint density at radius 3 is 2.52 bits per heavy atom. The van der Waals surface area contributed by atoms with E-state index < -0.39 is 0 Å². The molecular formula is C19H19IN2O3. The number of rotatable bonds is 6. The minimum atomic E-state index is 0.189. The highest BCUT2D eigenvalue weighted by Gasteiger charge is 2.17. The second-order valence-electron chi connectivity index (χ2n) is 5.87. The zero-order valence-corrected chi connectivity index (χ0v) is 16.5. The normalized spacial score (nSPS) is 10.9. The van der Waals surface area contributed by atoms with Gasteiger partial charge in [-0.15, -0.1) is 0 Å². The first kappa shape index (κ1) is 17.7. The Morgan fingerprint density at radius 1 is 1.12 bits per heavy atom. The number of hydrogen-bond donors (Lipinski definition) is 0. The van der Waals surface area contributed by atoms with Crippen molar-refractivity contribution in [1.82, 2.24) is 10.1 Å². The van der Waals surface area contributed by atoms with Crippen LogP contribution in [0.1, 0.15) is 31.2 Å². The summed E-state index contributed by atoms with van der Waals surface area (Å²) in [5.74, 6) is 2.69. The lowest BCUT2D eigenvalue weighted by Crippen LogP contribution is -1.99. The monoisotopic (exact) mass is 450 g/mol. The molecule has 0 spiro atoms. The molecular weight excluding hydrogens is 431 g/mol. The maximum Gasteiger partial charge on any atom is 0.229 e. The smallest absolute Gasteiger partial charge is 0.229 e. The summed E-state index contributed by atoms with van der Waals surface area (Å²) in [6, 6.07) is 13.8. The van der Waals surface area contributed by atoms with Crippen LogP contribution in [0.2, 0.25) is 0 Å². The first-order valence-corrected chi connectivity index (χ1v) is 9.04. The molecule has 0 N–H and O–H groups in total. The van der Waals surface area contributed by atoms with Gasteiger partial charge in [0.05, 0.1) is 7.11 Å². The lowest BCUT2D eigenvalue weighted by atomic mass is 10.2. The average Bonchev–Trinajstić information content (AvgIpc) is 3.11. The molecule has 3 rings (SSSR count). The fraction of sp³-hybridized carbons (Fsp3) is 0.263. The molecule has 0 saturated carbocycles. The van der Waals surface area contributed by atoms with E-state index in [0.717, 1.165) is 14.7 Å². The second kappa shape index (κ2) is 7.86. The van der Waals surface area contributed by atoms with Crippen molar-refractivity contribution in [3.05, 3.63) is 57.5 Å². The van der Waals surface area contributed by atoms with Gasteiger partial charge in [0.2, 0.25) is 11.7 Å². The van der Waals surface area contributed by atoms with E-state index in [1.807, 2.05) is 56.3 Å². The Hall–Kier alpha value is -2.09. The maximum absolute atomic E-state index is 5.94. The Bertz CT molecular complexity index is 847. The third kappa shape index (κ3) is 4.12. The van der Waals surface area contributed by atoms with Gasteiger partial charge < -0.3 is 14.0 Å². The van der Waals surface area contributed by atoms with E-state index in [2.05, 4.69) is 32.7 Å². The van der Waals surface area contributed by atoms with Gasteiger partial charge >= 0.3 is 0 Å². The molecule has 1 aromatic heterocycles. The number of methoxy groups -OCH3 is 1. The number of halogens is 1. The van der Waals surface area contributed by atoms with Crippen molar-refractivity contribution < 1.29 is 14.0 Å². The zero-order valence-electron chi connectivity index (χ0n) is 14.3. The number of ether oxygens (including phenoxy) is 2.